The molecule has 0 saturated carbocycles. The summed E-state index contributed by atoms with van der Waals surface area (Å²) in [6, 6.07) is 0. The Balaban J connectivity index is 4.37. The minimum atomic E-state index is -4.38. The summed E-state index contributed by atoms with van der Waals surface area (Å²) in [5.41, 5.74) is 0. The number of ether oxygens (including phenoxy) is 2. The van der Waals surface area contributed by atoms with Crippen LogP contribution in [0.3, 0.4) is 0 Å². The fraction of sp³-hybridized carbons (Fsp3) is 0.667. The molecule has 9 nitrogen and oxygen atoms in total. The van der Waals surface area contributed by atoms with Gasteiger partial charge >= 0.3 is 19.8 Å². The van der Waals surface area contributed by atoms with Crippen LogP contribution in [0.1, 0.15) is 168 Å². The van der Waals surface area contributed by atoms with E-state index in [1.54, 1.807) is 7.05 Å². The Morgan fingerprint density at radius 2 is 0.948 bits per heavy atom. The maximum atomic E-state index is 12.6. The first-order valence-electron chi connectivity index (χ1n) is 22.5. The smallest absolute Gasteiger partial charge is 0.462 e. The third kappa shape index (κ3) is 42.8. The minimum Gasteiger partial charge on any atom is -0.462 e. The number of carbonyl (C=O) groups excluding carboxylic acids is 2. The van der Waals surface area contributed by atoms with Crippen LogP contribution < -0.4 is 5.32 Å². The second kappa shape index (κ2) is 43.8. The van der Waals surface area contributed by atoms with Crippen molar-refractivity contribution in [1.82, 2.24) is 5.32 Å². The van der Waals surface area contributed by atoms with Gasteiger partial charge in [-0.2, -0.15) is 0 Å². The number of esters is 2. The van der Waals surface area contributed by atoms with Gasteiger partial charge in [-0.05, 0) is 96.9 Å². The summed E-state index contributed by atoms with van der Waals surface area (Å²) in [5, 5.41) is 2.81. The van der Waals surface area contributed by atoms with Crippen molar-refractivity contribution < 1.29 is 37.6 Å². The Hall–Kier alpha value is -2.81. The molecule has 0 aliphatic rings. The van der Waals surface area contributed by atoms with Gasteiger partial charge in [0.2, 0.25) is 0 Å². The van der Waals surface area contributed by atoms with Crippen molar-refractivity contribution >= 4 is 19.8 Å². The van der Waals surface area contributed by atoms with Gasteiger partial charge in [0.15, 0.2) is 6.10 Å². The Morgan fingerprint density at radius 1 is 0.534 bits per heavy atom. The van der Waals surface area contributed by atoms with Crippen LogP contribution in [0.5, 0.6) is 0 Å². The normalized spacial score (nSPS) is 14.1. The average molecular weight is 832 g/mol. The van der Waals surface area contributed by atoms with E-state index in [9.17, 15) is 19.0 Å². The molecule has 332 valence electrons. The fourth-order valence-electron chi connectivity index (χ4n) is 5.55. The lowest BCUT2D eigenvalue weighted by Gasteiger charge is -2.20. The van der Waals surface area contributed by atoms with Crippen molar-refractivity contribution in [2.24, 2.45) is 0 Å². The molecular formula is C48H82NO8P. The first-order valence-corrected chi connectivity index (χ1v) is 24.0. The summed E-state index contributed by atoms with van der Waals surface area (Å²) in [6.45, 7) is 4.08. The molecule has 0 saturated heterocycles. The quantitative estimate of drug-likeness (QED) is 0.0268. The van der Waals surface area contributed by atoms with Gasteiger partial charge in [-0.15, -0.1) is 0 Å². The Bertz CT molecular complexity index is 1220. The minimum absolute atomic E-state index is 0.0359. The van der Waals surface area contributed by atoms with Crippen LogP contribution in [0.2, 0.25) is 0 Å². The topological polar surface area (TPSA) is 120 Å². The number of phosphoric acid groups is 1. The first-order chi connectivity index (χ1) is 28.3. The molecule has 0 aromatic rings. The van der Waals surface area contributed by atoms with Crippen LogP contribution in [0.4, 0.5) is 0 Å². The fourth-order valence-corrected chi connectivity index (χ4v) is 6.30. The van der Waals surface area contributed by atoms with Crippen LogP contribution in [-0.2, 0) is 32.7 Å². The number of likely N-dealkylation sites (N-methyl/N-ethyl adjacent to an activating group) is 1. The van der Waals surface area contributed by atoms with Crippen molar-refractivity contribution in [3.8, 4) is 0 Å². The summed E-state index contributed by atoms with van der Waals surface area (Å²) in [5.74, 6) is -0.911. The van der Waals surface area contributed by atoms with Crippen molar-refractivity contribution in [3.05, 3.63) is 85.1 Å². The number of hydrogen-bond acceptors (Lipinski definition) is 8. The molecule has 2 N–H and O–H groups in total. The molecule has 2 unspecified atom stereocenters. The summed E-state index contributed by atoms with van der Waals surface area (Å²) in [4.78, 5) is 35.1. The molecule has 0 aliphatic carbocycles. The number of phosphoric ester groups is 1. The molecule has 0 amide bonds. The van der Waals surface area contributed by atoms with E-state index in [0.29, 0.717) is 25.8 Å². The monoisotopic (exact) mass is 832 g/mol. The van der Waals surface area contributed by atoms with E-state index >= 15 is 0 Å². The van der Waals surface area contributed by atoms with E-state index in [2.05, 4.69) is 98.2 Å². The van der Waals surface area contributed by atoms with Crippen molar-refractivity contribution in [3.63, 3.8) is 0 Å². The lowest BCUT2D eigenvalue weighted by atomic mass is 10.1. The van der Waals surface area contributed by atoms with Gasteiger partial charge in [-0.3, -0.25) is 18.6 Å². The molecule has 0 aromatic heterocycles. The lowest BCUT2D eigenvalue weighted by molar-refractivity contribution is -0.161. The Morgan fingerprint density at radius 3 is 1.47 bits per heavy atom. The van der Waals surface area contributed by atoms with E-state index < -0.39 is 32.5 Å². The maximum absolute atomic E-state index is 12.6. The highest BCUT2D eigenvalue weighted by Crippen LogP contribution is 2.43. The van der Waals surface area contributed by atoms with Crippen molar-refractivity contribution in [2.75, 3.05) is 33.4 Å². The molecule has 0 fully saturated rings. The summed E-state index contributed by atoms with van der Waals surface area (Å²) >= 11 is 0. The Labute approximate surface area is 354 Å². The molecule has 0 spiro atoms. The van der Waals surface area contributed by atoms with Gasteiger partial charge < -0.3 is 19.7 Å². The predicted molar refractivity (Wildman–Crippen MR) is 243 cm³/mol. The van der Waals surface area contributed by atoms with Gasteiger partial charge in [0.1, 0.15) is 6.61 Å². The Kier molecular flexibility index (Phi) is 41.6. The highest BCUT2D eigenvalue weighted by atomic mass is 31.2. The van der Waals surface area contributed by atoms with Crippen LogP contribution in [0.15, 0.2) is 85.1 Å². The van der Waals surface area contributed by atoms with E-state index in [-0.39, 0.29) is 26.1 Å². The van der Waals surface area contributed by atoms with Crippen LogP contribution in [-0.4, -0.2) is 56.3 Å². The van der Waals surface area contributed by atoms with E-state index in [1.807, 2.05) is 6.08 Å². The molecule has 0 bridgehead atoms. The molecule has 0 aromatic carbocycles. The van der Waals surface area contributed by atoms with Crippen LogP contribution >= 0.6 is 7.82 Å². The number of nitrogens with one attached hydrogen (secondary N) is 1. The molecule has 0 heterocycles. The van der Waals surface area contributed by atoms with E-state index in [0.717, 1.165) is 57.8 Å². The molecule has 2 atom stereocenters. The summed E-state index contributed by atoms with van der Waals surface area (Å²) in [7, 11) is -2.69. The van der Waals surface area contributed by atoms with Crippen molar-refractivity contribution in [2.45, 2.75) is 174 Å². The highest BCUT2D eigenvalue weighted by molar-refractivity contribution is 7.47. The molecule has 58 heavy (non-hydrogen) atoms. The predicted octanol–water partition coefficient (Wildman–Crippen LogP) is 13.1. The maximum Gasteiger partial charge on any atom is 0.472 e. The second-order valence-electron chi connectivity index (χ2n) is 14.5. The molecular weight excluding hydrogens is 750 g/mol. The number of rotatable bonds is 41. The van der Waals surface area contributed by atoms with Gasteiger partial charge in [0.25, 0.3) is 0 Å². The van der Waals surface area contributed by atoms with Gasteiger partial charge in [-0.1, -0.05) is 150 Å². The third-order valence-corrected chi connectivity index (χ3v) is 9.97. The lowest BCUT2D eigenvalue weighted by Crippen LogP contribution is -2.29. The molecule has 0 radical (unpaired) electrons. The standard InChI is InChI=1S/C48H82NO8P/c1-4-6-8-10-12-14-16-18-20-22-23-25-26-28-30-32-34-36-38-40-47(50)54-44-46(45-56-58(52,53)55-43-42-49-3)57-48(51)41-39-37-35-33-31-29-27-24-21-19-17-15-13-11-9-7-5-2/h12,14,18-21,23,25,27-30,33,35,46,49H,4-11,13,15-17,22,24,26,31-32,34,36-45H2,1-3H3,(H,52,53)/b14-12-,20-18-,21-19-,25-23-,29-27-,30-28-,35-33-. The molecule has 0 rings (SSSR count). The van der Waals surface area contributed by atoms with Crippen molar-refractivity contribution in [1.29, 1.82) is 0 Å². The van der Waals surface area contributed by atoms with E-state index in [4.69, 9.17) is 18.5 Å². The van der Waals surface area contributed by atoms with E-state index in [1.165, 1.54) is 64.2 Å². The number of hydrogen-bond donors (Lipinski definition) is 2. The largest absolute Gasteiger partial charge is 0.472 e. The number of carbonyl (C=O) groups is 2. The third-order valence-electron chi connectivity index (χ3n) is 8.99. The number of unbranched alkanes of at least 4 members (excludes halogenated alkanes) is 13. The zero-order valence-corrected chi connectivity index (χ0v) is 37.6. The number of allylic oxidation sites excluding steroid dienone is 14. The summed E-state index contributed by atoms with van der Waals surface area (Å²) < 4.78 is 33.1. The van der Waals surface area contributed by atoms with Crippen LogP contribution in [0, 0.1) is 0 Å². The highest BCUT2D eigenvalue weighted by Gasteiger charge is 2.26. The average Bonchev–Trinajstić information content (AvgIpc) is 3.21. The summed E-state index contributed by atoms with van der Waals surface area (Å²) in [6.07, 6.45) is 53.5. The van der Waals surface area contributed by atoms with Gasteiger partial charge in [-0.25, -0.2) is 4.57 Å². The van der Waals surface area contributed by atoms with Gasteiger partial charge in [0, 0.05) is 19.4 Å². The zero-order chi connectivity index (χ0) is 42.5. The molecule has 10 heteroatoms. The van der Waals surface area contributed by atoms with Gasteiger partial charge in [0.05, 0.1) is 13.2 Å². The second-order valence-corrected chi connectivity index (χ2v) is 16.0. The molecule has 0 aliphatic heterocycles. The first kappa shape index (κ1) is 55.2. The zero-order valence-electron chi connectivity index (χ0n) is 36.7. The SMILES string of the molecule is CCCCC/C=C\C/C=C\C/C=C\C/C=C\CCCCCC(=O)OCC(COP(=O)(O)OCCNC)OC(=O)CCC/C=C\C/C=C\C/C=C\CCCCCCCC. The van der Waals surface area contributed by atoms with Crippen LogP contribution in [0.25, 0.3) is 0 Å².